The lowest BCUT2D eigenvalue weighted by molar-refractivity contribution is 0.694. The largest absolute Gasteiger partial charge is 0.330 e. The van der Waals surface area contributed by atoms with Crippen LogP contribution in [0.3, 0.4) is 0 Å². The van der Waals surface area contributed by atoms with Crippen LogP contribution in [0.2, 0.25) is 0 Å². The van der Waals surface area contributed by atoms with E-state index in [1.807, 2.05) is 0 Å². The van der Waals surface area contributed by atoms with Gasteiger partial charge in [0.25, 0.3) is 0 Å². The molecule has 2 rings (SSSR count). The number of halogens is 1. The molecule has 94 valence electrons. The lowest BCUT2D eigenvalue weighted by Crippen LogP contribution is -2.15. The first kappa shape index (κ1) is 13.6. The molecule has 0 amide bonds. The van der Waals surface area contributed by atoms with Gasteiger partial charge in [0.05, 0.1) is 0 Å². The fourth-order valence-electron chi connectivity index (χ4n) is 2.08. The van der Waals surface area contributed by atoms with Gasteiger partial charge < -0.3 is 5.73 Å². The van der Waals surface area contributed by atoms with Crippen LogP contribution in [0.1, 0.15) is 22.6 Å². The van der Waals surface area contributed by atoms with Crippen LogP contribution in [0.5, 0.6) is 0 Å². The third kappa shape index (κ3) is 3.56. The summed E-state index contributed by atoms with van der Waals surface area (Å²) in [5.74, 6) is 0.408. The molecule has 0 fully saturated rings. The van der Waals surface area contributed by atoms with Crippen LogP contribution in [-0.4, -0.2) is 6.54 Å². The number of hydrogen-bond acceptors (Lipinski definition) is 1. The summed E-state index contributed by atoms with van der Waals surface area (Å²) in [7, 11) is 0. The van der Waals surface area contributed by atoms with E-state index in [2.05, 4.69) is 78.0 Å². The lowest BCUT2D eigenvalue weighted by atomic mass is 9.91. The highest BCUT2D eigenvalue weighted by atomic mass is 127. The van der Waals surface area contributed by atoms with Crippen LogP contribution >= 0.6 is 22.6 Å². The molecule has 0 bridgehead atoms. The zero-order valence-corrected chi connectivity index (χ0v) is 12.7. The Labute approximate surface area is 123 Å². The van der Waals surface area contributed by atoms with Crippen LogP contribution in [0.15, 0.2) is 48.5 Å². The summed E-state index contributed by atoms with van der Waals surface area (Å²) in [4.78, 5) is 0. The Morgan fingerprint density at radius 3 is 2.17 bits per heavy atom. The van der Waals surface area contributed by atoms with Crippen molar-refractivity contribution in [3.8, 4) is 0 Å². The summed E-state index contributed by atoms with van der Waals surface area (Å²) in [6.07, 6.45) is 1.01. The average Bonchev–Trinajstić information content (AvgIpc) is 2.39. The van der Waals surface area contributed by atoms with Crippen LogP contribution in [0, 0.1) is 10.5 Å². The first-order chi connectivity index (χ1) is 8.69. The molecule has 18 heavy (non-hydrogen) atoms. The molecular formula is C16H18IN. The Balaban J connectivity index is 2.14. The van der Waals surface area contributed by atoms with E-state index in [-0.39, 0.29) is 0 Å². The van der Waals surface area contributed by atoms with E-state index in [0.29, 0.717) is 12.5 Å². The average molecular weight is 351 g/mol. The molecule has 0 saturated heterocycles. The topological polar surface area (TPSA) is 26.0 Å². The van der Waals surface area contributed by atoms with Crippen molar-refractivity contribution in [3.05, 3.63) is 68.8 Å². The second kappa shape index (κ2) is 6.34. The Hall–Kier alpha value is -0.870. The van der Waals surface area contributed by atoms with Gasteiger partial charge in [0.2, 0.25) is 0 Å². The van der Waals surface area contributed by atoms with E-state index < -0.39 is 0 Å². The first-order valence-electron chi connectivity index (χ1n) is 6.20. The summed E-state index contributed by atoms with van der Waals surface area (Å²) in [5, 5.41) is 0. The molecule has 1 atom stereocenters. The summed E-state index contributed by atoms with van der Waals surface area (Å²) in [6.45, 7) is 2.80. The van der Waals surface area contributed by atoms with Crippen LogP contribution in [0.4, 0.5) is 0 Å². The van der Waals surface area contributed by atoms with E-state index in [0.717, 1.165) is 6.42 Å². The third-order valence-corrected chi connectivity index (χ3v) is 3.95. The van der Waals surface area contributed by atoms with Crippen LogP contribution in [0.25, 0.3) is 0 Å². The molecule has 2 heteroatoms. The lowest BCUT2D eigenvalue weighted by Gasteiger charge is -2.15. The second-order valence-electron chi connectivity index (χ2n) is 4.67. The molecule has 1 nitrogen and oxygen atoms in total. The van der Waals surface area contributed by atoms with E-state index in [4.69, 9.17) is 5.73 Å². The van der Waals surface area contributed by atoms with Gasteiger partial charge in [-0.2, -0.15) is 0 Å². The zero-order chi connectivity index (χ0) is 13.0. The third-order valence-electron chi connectivity index (χ3n) is 3.23. The minimum Gasteiger partial charge on any atom is -0.330 e. The van der Waals surface area contributed by atoms with Crippen molar-refractivity contribution in [1.29, 1.82) is 0 Å². The Morgan fingerprint density at radius 2 is 1.61 bits per heavy atom. The van der Waals surface area contributed by atoms with Gasteiger partial charge in [-0.15, -0.1) is 0 Å². The highest BCUT2D eigenvalue weighted by Crippen LogP contribution is 2.21. The molecule has 0 spiro atoms. The van der Waals surface area contributed by atoms with E-state index >= 15 is 0 Å². The number of rotatable bonds is 4. The predicted molar refractivity (Wildman–Crippen MR) is 85.8 cm³/mol. The Morgan fingerprint density at radius 1 is 1.00 bits per heavy atom. The smallest absolute Gasteiger partial charge is 0.0130 e. The van der Waals surface area contributed by atoms with Crippen molar-refractivity contribution in [2.45, 2.75) is 19.3 Å². The molecular weight excluding hydrogens is 333 g/mol. The minimum atomic E-state index is 0.408. The molecule has 0 aliphatic rings. The molecule has 1 unspecified atom stereocenters. The van der Waals surface area contributed by atoms with Crippen molar-refractivity contribution >= 4 is 22.6 Å². The summed E-state index contributed by atoms with van der Waals surface area (Å²) < 4.78 is 1.27. The van der Waals surface area contributed by atoms with Crippen LogP contribution < -0.4 is 5.73 Å². The van der Waals surface area contributed by atoms with Crippen molar-refractivity contribution in [3.63, 3.8) is 0 Å². The van der Waals surface area contributed by atoms with Gasteiger partial charge in [-0.3, -0.25) is 0 Å². The molecule has 2 aromatic rings. The summed E-state index contributed by atoms with van der Waals surface area (Å²) >= 11 is 2.33. The van der Waals surface area contributed by atoms with Gasteiger partial charge in [0.1, 0.15) is 0 Å². The van der Waals surface area contributed by atoms with Gasteiger partial charge in [0.15, 0.2) is 0 Å². The summed E-state index contributed by atoms with van der Waals surface area (Å²) in [6, 6.07) is 17.4. The maximum atomic E-state index is 5.92. The number of nitrogens with two attached hydrogens (primary N) is 1. The molecule has 0 saturated carbocycles. The fraction of sp³-hybridized carbons (Fsp3) is 0.250. The number of hydrogen-bond donors (Lipinski definition) is 1. The highest BCUT2D eigenvalue weighted by molar-refractivity contribution is 14.1. The first-order valence-corrected chi connectivity index (χ1v) is 7.28. The number of aryl methyl sites for hydroxylation is 1. The van der Waals surface area contributed by atoms with Gasteiger partial charge >= 0.3 is 0 Å². The van der Waals surface area contributed by atoms with Crippen molar-refractivity contribution in [2.75, 3.05) is 6.54 Å². The molecule has 2 N–H and O–H groups in total. The van der Waals surface area contributed by atoms with E-state index in [9.17, 15) is 0 Å². The SMILES string of the molecule is Cc1ccc(C(CN)Cc2ccc(I)cc2)cc1. The monoisotopic (exact) mass is 351 g/mol. The number of benzene rings is 2. The maximum absolute atomic E-state index is 5.92. The summed E-state index contributed by atoms with van der Waals surface area (Å²) in [5.41, 5.74) is 9.90. The molecule has 0 radical (unpaired) electrons. The Kier molecular flexibility index (Phi) is 4.78. The van der Waals surface area contributed by atoms with Gasteiger partial charge in [-0.1, -0.05) is 42.0 Å². The molecule has 2 aromatic carbocycles. The quantitative estimate of drug-likeness (QED) is 0.832. The van der Waals surface area contributed by atoms with Crippen molar-refractivity contribution in [1.82, 2.24) is 0 Å². The minimum absolute atomic E-state index is 0.408. The van der Waals surface area contributed by atoms with E-state index in [1.54, 1.807) is 0 Å². The maximum Gasteiger partial charge on any atom is 0.0130 e. The van der Waals surface area contributed by atoms with Crippen molar-refractivity contribution in [2.24, 2.45) is 5.73 Å². The molecule has 0 heterocycles. The predicted octanol–water partition coefficient (Wildman–Crippen LogP) is 3.88. The highest BCUT2D eigenvalue weighted by Gasteiger charge is 2.10. The van der Waals surface area contributed by atoms with Gasteiger partial charge in [-0.25, -0.2) is 0 Å². The normalized spacial score (nSPS) is 12.4. The van der Waals surface area contributed by atoms with Crippen LogP contribution in [-0.2, 0) is 6.42 Å². The van der Waals surface area contributed by atoms with Crippen molar-refractivity contribution < 1.29 is 0 Å². The molecule has 0 aromatic heterocycles. The van der Waals surface area contributed by atoms with Gasteiger partial charge in [-0.05, 0) is 65.7 Å². The second-order valence-corrected chi connectivity index (χ2v) is 5.92. The Bertz CT molecular complexity index is 488. The molecule has 0 aliphatic heterocycles. The fourth-order valence-corrected chi connectivity index (χ4v) is 2.44. The van der Waals surface area contributed by atoms with E-state index in [1.165, 1.54) is 20.3 Å². The zero-order valence-electron chi connectivity index (χ0n) is 10.6. The molecule has 0 aliphatic carbocycles. The van der Waals surface area contributed by atoms with Gasteiger partial charge in [0, 0.05) is 9.49 Å². The standard InChI is InChI=1S/C16H18IN/c1-12-2-6-14(7-3-12)15(11-18)10-13-4-8-16(17)9-5-13/h2-9,15H,10-11,18H2,1H3.